The highest BCUT2D eigenvalue weighted by Crippen LogP contribution is 2.35. The quantitative estimate of drug-likeness (QED) is 0.856. The topological polar surface area (TPSA) is 51.0 Å². The van der Waals surface area contributed by atoms with Gasteiger partial charge in [0.2, 0.25) is 0 Å². The fraction of sp³-hybridized carbons (Fsp3) is 0.308. The lowest BCUT2D eigenvalue weighted by atomic mass is 10.2. The van der Waals surface area contributed by atoms with Gasteiger partial charge in [-0.3, -0.25) is 19.4 Å². The third kappa shape index (κ3) is 2.37. The molecule has 0 saturated carbocycles. The second kappa shape index (κ2) is 4.57. The van der Waals surface area contributed by atoms with Gasteiger partial charge in [0.1, 0.15) is 6.54 Å². The molecule has 110 valence electrons. The Balaban J connectivity index is 1.91. The Labute approximate surface area is 118 Å². The molecule has 0 radical (unpaired) electrons. The number of hydrogen-bond acceptors (Lipinski definition) is 3. The van der Waals surface area contributed by atoms with E-state index in [0.29, 0.717) is 16.9 Å². The van der Waals surface area contributed by atoms with Crippen molar-refractivity contribution in [1.82, 2.24) is 14.8 Å². The highest BCUT2D eigenvalue weighted by atomic mass is 19.4. The first-order chi connectivity index (χ1) is 9.87. The summed E-state index contributed by atoms with van der Waals surface area (Å²) in [4.78, 5) is 17.9. The summed E-state index contributed by atoms with van der Waals surface area (Å²) in [7, 11) is 0. The minimum Gasteiger partial charge on any atom is -0.296 e. The van der Waals surface area contributed by atoms with Gasteiger partial charge in [-0.05, 0) is 19.1 Å². The van der Waals surface area contributed by atoms with Crippen LogP contribution < -0.4 is 4.90 Å². The third-order valence-corrected chi connectivity index (χ3v) is 3.31. The molecule has 0 aliphatic carbocycles. The first-order valence-electron chi connectivity index (χ1n) is 6.24. The Morgan fingerprint density at radius 1 is 1.38 bits per heavy atom. The van der Waals surface area contributed by atoms with Crippen LogP contribution in [-0.4, -0.2) is 26.8 Å². The van der Waals surface area contributed by atoms with Gasteiger partial charge in [0.15, 0.2) is 0 Å². The largest absolute Gasteiger partial charge is 0.408 e. The maximum Gasteiger partial charge on any atom is 0.408 e. The Hall–Kier alpha value is -2.38. The summed E-state index contributed by atoms with van der Waals surface area (Å²) >= 11 is 0. The number of anilines is 1. The fourth-order valence-electron chi connectivity index (χ4n) is 2.45. The SMILES string of the molecule is CC1c2ncccc2C(=O)N1c1cnn(CC(F)(F)F)c1. The molecule has 0 aromatic carbocycles. The summed E-state index contributed by atoms with van der Waals surface area (Å²) in [6, 6.07) is 2.97. The minimum absolute atomic E-state index is 0.280. The Bertz CT molecular complexity index is 695. The lowest BCUT2D eigenvalue weighted by molar-refractivity contribution is -0.142. The molecule has 3 heterocycles. The molecule has 0 N–H and O–H groups in total. The molecule has 1 aliphatic heterocycles. The second-order valence-electron chi connectivity index (χ2n) is 4.80. The number of pyridine rings is 1. The predicted molar refractivity (Wildman–Crippen MR) is 67.7 cm³/mol. The molecular weight excluding hydrogens is 285 g/mol. The van der Waals surface area contributed by atoms with Gasteiger partial charge in [-0.2, -0.15) is 18.3 Å². The molecule has 0 saturated heterocycles. The van der Waals surface area contributed by atoms with Crippen LogP contribution in [0.5, 0.6) is 0 Å². The molecule has 0 bridgehead atoms. The van der Waals surface area contributed by atoms with Crippen molar-refractivity contribution < 1.29 is 18.0 Å². The number of carbonyl (C=O) groups is 1. The zero-order chi connectivity index (χ0) is 15.2. The molecule has 0 fully saturated rings. The van der Waals surface area contributed by atoms with E-state index in [4.69, 9.17) is 0 Å². The van der Waals surface area contributed by atoms with E-state index in [1.54, 1.807) is 25.3 Å². The molecule has 3 rings (SSSR count). The van der Waals surface area contributed by atoms with E-state index in [-0.39, 0.29) is 11.9 Å². The lowest BCUT2D eigenvalue weighted by Gasteiger charge is -2.19. The number of aromatic nitrogens is 3. The van der Waals surface area contributed by atoms with Crippen LogP contribution in [0, 0.1) is 0 Å². The van der Waals surface area contributed by atoms with Gasteiger partial charge in [0.25, 0.3) is 5.91 Å². The summed E-state index contributed by atoms with van der Waals surface area (Å²) in [6.07, 6.45) is -0.298. The number of amides is 1. The molecule has 1 amide bonds. The molecule has 1 atom stereocenters. The fourth-order valence-corrected chi connectivity index (χ4v) is 2.45. The van der Waals surface area contributed by atoms with E-state index in [1.807, 2.05) is 0 Å². The highest BCUT2D eigenvalue weighted by Gasteiger charge is 2.37. The van der Waals surface area contributed by atoms with Gasteiger partial charge in [0, 0.05) is 12.4 Å². The smallest absolute Gasteiger partial charge is 0.296 e. The van der Waals surface area contributed by atoms with E-state index in [1.165, 1.54) is 17.3 Å². The molecule has 1 aliphatic rings. The number of halogens is 3. The molecular formula is C13H11F3N4O. The molecule has 8 heteroatoms. The van der Waals surface area contributed by atoms with E-state index in [9.17, 15) is 18.0 Å². The monoisotopic (exact) mass is 296 g/mol. The average Bonchev–Trinajstić information content (AvgIpc) is 2.93. The zero-order valence-electron chi connectivity index (χ0n) is 11.0. The number of alkyl halides is 3. The van der Waals surface area contributed by atoms with Gasteiger partial charge in [-0.1, -0.05) is 0 Å². The predicted octanol–water partition coefficient (Wildman–Crippen LogP) is 2.56. The third-order valence-electron chi connectivity index (χ3n) is 3.31. The highest BCUT2D eigenvalue weighted by molar-refractivity contribution is 6.10. The summed E-state index contributed by atoms with van der Waals surface area (Å²) in [5.74, 6) is -0.280. The van der Waals surface area contributed by atoms with Gasteiger partial charge in [-0.15, -0.1) is 0 Å². The first kappa shape index (κ1) is 13.6. The number of nitrogens with zero attached hydrogens (tertiary/aromatic N) is 4. The van der Waals surface area contributed by atoms with Crippen molar-refractivity contribution in [1.29, 1.82) is 0 Å². The maximum atomic E-state index is 12.3. The summed E-state index contributed by atoms with van der Waals surface area (Å²) < 4.78 is 37.8. The summed E-state index contributed by atoms with van der Waals surface area (Å²) in [5.41, 5.74) is 1.41. The maximum absolute atomic E-state index is 12.3. The molecule has 1 unspecified atom stereocenters. The van der Waals surface area contributed by atoms with Crippen molar-refractivity contribution >= 4 is 11.6 Å². The number of carbonyl (C=O) groups excluding carboxylic acids is 1. The van der Waals surface area contributed by atoms with E-state index >= 15 is 0 Å². The standard InChI is InChI=1S/C13H11F3N4O/c1-8-11-10(3-2-4-17-11)12(21)20(8)9-5-18-19(6-9)7-13(14,15)16/h2-6,8H,7H2,1H3. The van der Waals surface area contributed by atoms with Crippen molar-refractivity contribution in [3.05, 3.63) is 42.0 Å². The van der Waals surface area contributed by atoms with Crippen molar-refractivity contribution in [3.8, 4) is 0 Å². The zero-order valence-corrected chi connectivity index (χ0v) is 11.0. The van der Waals surface area contributed by atoms with E-state index in [2.05, 4.69) is 10.1 Å². The van der Waals surface area contributed by atoms with E-state index < -0.39 is 12.7 Å². The number of fused-ring (bicyclic) bond motifs is 1. The first-order valence-corrected chi connectivity index (χ1v) is 6.24. The Kier molecular flexibility index (Phi) is 2.96. The minimum atomic E-state index is -4.35. The van der Waals surface area contributed by atoms with Crippen LogP contribution >= 0.6 is 0 Å². The van der Waals surface area contributed by atoms with Gasteiger partial charge < -0.3 is 0 Å². The lowest BCUT2D eigenvalue weighted by Crippen LogP contribution is -2.26. The van der Waals surface area contributed by atoms with Crippen LogP contribution in [0.3, 0.4) is 0 Å². The second-order valence-corrected chi connectivity index (χ2v) is 4.80. The summed E-state index contributed by atoms with van der Waals surface area (Å²) in [5, 5.41) is 3.66. The molecule has 21 heavy (non-hydrogen) atoms. The summed E-state index contributed by atoms with van der Waals surface area (Å²) in [6.45, 7) is 0.590. The average molecular weight is 296 g/mol. The Morgan fingerprint density at radius 2 is 2.14 bits per heavy atom. The van der Waals surface area contributed by atoms with Crippen LogP contribution in [0.2, 0.25) is 0 Å². The van der Waals surface area contributed by atoms with E-state index in [0.717, 1.165) is 4.68 Å². The van der Waals surface area contributed by atoms with Crippen molar-refractivity contribution in [2.24, 2.45) is 0 Å². The van der Waals surface area contributed by atoms with Crippen LogP contribution in [0.1, 0.15) is 29.0 Å². The van der Waals surface area contributed by atoms with Crippen LogP contribution in [-0.2, 0) is 6.54 Å². The van der Waals surface area contributed by atoms with Crippen molar-refractivity contribution in [3.63, 3.8) is 0 Å². The van der Waals surface area contributed by atoms with Crippen LogP contribution in [0.25, 0.3) is 0 Å². The number of hydrogen-bond donors (Lipinski definition) is 0. The van der Waals surface area contributed by atoms with Gasteiger partial charge >= 0.3 is 6.18 Å². The molecule has 2 aromatic rings. The van der Waals surface area contributed by atoms with Gasteiger partial charge in [0.05, 0.1) is 29.2 Å². The molecule has 5 nitrogen and oxygen atoms in total. The van der Waals surface area contributed by atoms with Crippen molar-refractivity contribution in [2.75, 3.05) is 4.90 Å². The molecule has 2 aromatic heterocycles. The van der Waals surface area contributed by atoms with Crippen LogP contribution in [0.4, 0.5) is 18.9 Å². The van der Waals surface area contributed by atoms with Crippen LogP contribution in [0.15, 0.2) is 30.7 Å². The van der Waals surface area contributed by atoms with Crippen molar-refractivity contribution in [2.45, 2.75) is 25.7 Å². The van der Waals surface area contributed by atoms with Gasteiger partial charge in [-0.25, -0.2) is 0 Å². The normalized spacial score (nSPS) is 18.2. The Morgan fingerprint density at radius 3 is 2.81 bits per heavy atom. The number of rotatable bonds is 2. The molecule has 0 spiro atoms.